The molecule has 0 saturated carbocycles. The molecule has 134 valence electrons. The van der Waals surface area contributed by atoms with Gasteiger partial charge in [-0.2, -0.15) is 17.6 Å². The van der Waals surface area contributed by atoms with Crippen LogP contribution in [0, 0.1) is 12.7 Å². The highest BCUT2D eigenvalue weighted by molar-refractivity contribution is 5.38. The van der Waals surface area contributed by atoms with Crippen molar-refractivity contribution in [3.63, 3.8) is 0 Å². The molecule has 0 bridgehead atoms. The molecule has 0 amide bonds. The molecule has 0 unspecified atom stereocenters. The van der Waals surface area contributed by atoms with Gasteiger partial charge in [-0.05, 0) is 13.0 Å². The number of rotatable bonds is 2. The lowest BCUT2D eigenvalue weighted by atomic mass is 10.3. The minimum atomic E-state index is -4.53. The zero-order valence-electron chi connectivity index (χ0n) is 13.1. The Morgan fingerprint density at radius 2 is 1.76 bits per heavy atom. The summed E-state index contributed by atoms with van der Waals surface area (Å²) < 4.78 is 51.6. The molecule has 1 fully saturated rings. The summed E-state index contributed by atoms with van der Waals surface area (Å²) in [6.07, 6.45) is -3.46. The summed E-state index contributed by atoms with van der Waals surface area (Å²) in [5.74, 6) is -0.709. The second-order valence-corrected chi connectivity index (χ2v) is 5.50. The van der Waals surface area contributed by atoms with E-state index in [1.54, 1.807) is 9.80 Å². The molecule has 2 aromatic rings. The maximum atomic E-state index is 13.4. The molecular formula is C14H14F4N6O. The summed E-state index contributed by atoms with van der Waals surface area (Å²) in [4.78, 5) is 28.6. The van der Waals surface area contributed by atoms with Crippen LogP contribution in [0.25, 0.3) is 0 Å². The van der Waals surface area contributed by atoms with Crippen LogP contribution in [0.2, 0.25) is 0 Å². The molecule has 25 heavy (non-hydrogen) atoms. The Morgan fingerprint density at radius 1 is 1.12 bits per heavy atom. The summed E-state index contributed by atoms with van der Waals surface area (Å²) >= 11 is 0. The predicted molar refractivity (Wildman–Crippen MR) is 81.0 cm³/mol. The van der Waals surface area contributed by atoms with Crippen LogP contribution < -0.4 is 15.4 Å². The molecule has 1 aliphatic heterocycles. The second-order valence-electron chi connectivity index (χ2n) is 5.50. The van der Waals surface area contributed by atoms with Crippen LogP contribution >= 0.6 is 0 Å². The Kier molecular flexibility index (Phi) is 4.31. The number of H-pyrrole nitrogens is 1. The Balaban J connectivity index is 1.73. The molecule has 1 aliphatic rings. The van der Waals surface area contributed by atoms with Gasteiger partial charge in [0.15, 0.2) is 0 Å². The predicted octanol–water partition coefficient (Wildman–Crippen LogP) is 1.35. The summed E-state index contributed by atoms with van der Waals surface area (Å²) in [5.41, 5.74) is -1.87. The van der Waals surface area contributed by atoms with Gasteiger partial charge in [-0.3, -0.25) is 9.78 Å². The largest absolute Gasteiger partial charge is 0.433 e. The van der Waals surface area contributed by atoms with Crippen LogP contribution in [-0.2, 0) is 6.18 Å². The molecule has 3 rings (SSSR count). The topological polar surface area (TPSA) is 78.0 Å². The number of anilines is 2. The molecule has 0 aliphatic carbocycles. The van der Waals surface area contributed by atoms with Crippen LogP contribution in [-0.4, -0.2) is 46.1 Å². The molecule has 0 atom stereocenters. The number of aryl methyl sites for hydroxylation is 1. The van der Waals surface area contributed by atoms with Crippen molar-refractivity contribution in [3.05, 3.63) is 39.8 Å². The van der Waals surface area contributed by atoms with Gasteiger partial charge in [0.2, 0.25) is 17.7 Å². The van der Waals surface area contributed by atoms with Crippen molar-refractivity contribution < 1.29 is 17.6 Å². The molecule has 1 saturated heterocycles. The van der Waals surface area contributed by atoms with E-state index in [-0.39, 0.29) is 17.6 Å². The number of hydrogen-bond donors (Lipinski definition) is 1. The van der Waals surface area contributed by atoms with E-state index in [9.17, 15) is 22.4 Å². The van der Waals surface area contributed by atoms with E-state index in [2.05, 4.69) is 19.9 Å². The van der Waals surface area contributed by atoms with E-state index in [0.717, 1.165) is 12.3 Å². The van der Waals surface area contributed by atoms with Crippen LogP contribution in [0.5, 0.6) is 0 Å². The van der Waals surface area contributed by atoms with Crippen LogP contribution in [0.15, 0.2) is 17.1 Å². The van der Waals surface area contributed by atoms with Gasteiger partial charge < -0.3 is 9.80 Å². The molecule has 2 aromatic heterocycles. The Morgan fingerprint density at radius 3 is 2.36 bits per heavy atom. The van der Waals surface area contributed by atoms with Crippen molar-refractivity contribution in [2.24, 2.45) is 0 Å². The zero-order valence-corrected chi connectivity index (χ0v) is 13.1. The minimum absolute atomic E-state index is 0.00813. The highest BCUT2D eigenvalue weighted by Gasteiger charge is 2.33. The van der Waals surface area contributed by atoms with Crippen LogP contribution in [0.1, 0.15) is 11.4 Å². The molecule has 0 aromatic carbocycles. The van der Waals surface area contributed by atoms with Gasteiger partial charge in [0.05, 0.1) is 5.69 Å². The first-order valence-corrected chi connectivity index (χ1v) is 7.42. The third-order valence-corrected chi connectivity index (χ3v) is 3.81. The molecule has 7 nitrogen and oxygen atoms in total. The molecule has 0 spiro atoms. The van der Waals surface area contributed by atoms with E-state index in [1.807, 2.05) is 0 Å². The quantitative estimate of drug-likeness (QED) is 0.817. The van der Waals surface area contributed by atoms with Crippen molar-refractivity contribution in [1.29, 1.82) is 0 Å². The zero-order chi connectivity index (χ0) is 18.2. The molecule has 0 radical (unpaired) electrons. The van der Waals surface area contributed by atoms with Crippen molar-refractivity contribution in [3.8, 4) is 0 Å². The highest BCUT2D eigenvalue weighted by Crippen LogP contribution is 2.28. The standard InChI is InChI=1S/C14H14F4N6O/c1-8-10(15)11(25)22-13(20-8)24-6-4-23(5-7-24)12-19-3-2-9(21-12)14(16,17)18/h2-3H,4-7H2,1H3,(H,20,22,25). The Bertz CT molecular complexity index is 829. The molecule has 11 heteroatoms. The van der Waals surface area contributed by atoms with Gasteiger partial charge in [0, 0.05) is 32.4 Å². The summed E-state index contributed by atoms with van der Waals surface area (Å²) in [7, 11) is 0. The Labute approximate surface area is 139 Å². The van der Waals surface area contributed by atoms with Crippen molar-refractivity contribution in [1.82, 2.24) is 19.9 Å². The van der Waals surface area contributed by atoms with E-state index < -0.39 is 23.2 Å². The van der Waals surface area contributed by atoms with Crippen LogP contribution in [0.4, 0.5) is 29.5 Å². The normalized spacial score (nSPS) is 15.6. The number of nitrogens with zero attached hydrogens (tertiary/aromatic N) is 5. The van der Waals surface area contributed by atoms with E-state index in [4.69, 9.17) is 0 Å². The summed E-state index contributed by atoms with van der Waals surface area (Å²) in [5, 5.41) is 0. The lowest BCUT2D eigenvalue weighted by molar-refractivity contribution is -0.141. The molecule has 3 heterocycles. The van der Waals surface area contributed by atoms with Gasteiger partial charge in [-0.15, -0.1) is 0 Å². The average molecular weight is 358 g/mol. The van der Waals surface area contributed by atoms with Crippen LogP contribution in [0.3, 0.4) is 0 Å². The maximum Gasteiger partial charge on any atom is 0.433 e. The number of piperazine rings is 1. The van der Waals surface area contributed by atoms with E-state index in [1.165, 1.54) is 6.92 Å². The average Bonchev–Trinajstić information content (AvgIpc) is 2.59. The molecule has 1 N–H and O–H groups in total. The number of aromatic nitrogens is 4. The number of halogens is 4. The third-order valence-electron chi connectivity index (χ3n) is 3.81. The highest BCUT2D eigenvalue weighted by atomic mass is 19.4. The fourth-order valence-corrected chi connectivity index (χ4v) is 2.48. The maximum absolute atomic E-state index is 13.4. The summed E-state index contributed by atoms with van der Waals surface area (Å²) in [6, 6.07) is 0.815. The fraction of sp³-hybridized carbons (Fsp3) is 0.429. The van der Waals surface area contributed by atoms with E-state index >= 15 is 0 Å². The number of aromatic amines is 1. The first-order chi connectivity index (χ1) is 11.8. The SMILES string of the molecule is Cc1nc(N2CCN(c3nccc(C(F)(F)F)n3)CC2)[nH]c(=O)c1F. The lowest BCUT2D eigenvalue weighted by Gasteiger charge is -2.35. The van der Waals surface area contributed by atoms with Crippen molar-refractivity contribution in [2.45, 2.75) is 13.1 Å². The summed E-state index contributed by atoms with van der Waals surface area (Å²) in [6.45, 7) is 2.80. The van der Waals surface area contributed by atoms with Crippen molar-refractivity contribution in [2.75, 3.05) is 36.0 Å². The first kappa shape index (κ1) is 17.1. The Hall–Kier alpha value is -2.72. The number of nitrogens with one attached hydrogen (secondary N) is 1. The lowest BCUT2D eigenvalue weighted by Crippen LogP contribution is -2.48. The second kappa shape index (κ2) is 6.30. The first-order valence-electron chi connectivity index (χ1n) is 7.42. The minimum Gasteiger partial charge on any atom is -0.339 e. The van der Waals surface area contributed by atoms with Gasteiger partial charge in [-0.25, -0.2) is 15.0 Å². The molecular weight excluding hydrogens is 344 g/mol. The van der Waals surface area contributed by atoms with Gasteiger partial charge in [0.1, 0.15) is 5.69 Å². The fourth-order valence-electron chi connectivity index (χ4n) is 2.48. The van der Waals surface area contributed by atoms with Crippen molar-refractivity contribution >= 4 is 11.9 Å². The van der Waals surface area contributed by atoms with Gasteiger partial charge >= 0.3 is 6.18 Å². The number of alkyl halides is 3. The number of hydrogen-bond acceptors (Lipinski definition) is 6. The van der Waals surface area contributed by atoms with Gasteiger partial charge in [0.25, 0.3) is 5.56 Å². The third kappa shape index (κ3) is 3.54. The van der Waals surface area contributed by atoms with Gasteiger partial charge in [-0.1, -0.05) is 0 Å². The van der Waals surface area contributed by atoms with E-state index in [0.29, 0.717) is 26.2 Å². The monoisotopic (exact) mass is 358 g/mol. The smallest absolute Gasteiger partial charge is 0.339 e.